The van der Waals surface area contributed by atoms with Gasteiger partial charge in [0.05, 0.1) is 24.0 Å². The number of benzene rings is 1. The average molecular weight is 339 g/mol. The minimum Gasteiger partial charge on any atom is -0.368 e. The standard InChI is InChI=1S/C19H25N5O/c1-4-17(23-13-15(19(25)20-3)10-9-14(23)2)16-7-5-6-8-18(16)24-21-11-12-22-24/h4-8,11-12,14-15H,9-10,13H2,1-3H3,(H,20,25)/t14-,15-/m1/s1. The van der Waals surface area contributed by atoms with Crippen LogP contribution in [0.4, 0.5) is 0 Å². The molecule has 1 aromatic carbocycles. The van der Waals surface area contributed by atoms with Crippen LogP contribution in [0.2, 0.25) is 0 Å². The molecule has 0 bridgehead atoms. The Morgan fingerprint density at radius 3 is 2.64 bits per heavy atom. The number of aromatic nitrogens is 3. The Kier molecular flexibility index (Phi) is 5.16. The van der Waals surface area contributed by atoms with E-state index in [0.717, 1.165) is 36.3 Å². The summed E-state index contributed by atoms with van der Waals surface area (Å²) in [4.78, 5) is 16.1. The number of carbonyl (C=O) groups excluding carboxylic acids is 1. The van der Waals surface area contributed by atoms with E-state index in [1.165, 1.54) is 0 Å². The van der Waals surface area contributed by atoms with Gasteiger partial charge in [-0.15, -0.1) is 0 Å². The van der Waals surface area contributed by atoms with Crippen molar-refractivity contribution in [3.05, 3.63) is 48.3 Å². The Bertz CT molecular complexity index is 753. The summed E-state index contributed by atoms with van der Waals surface area (Å²) in [5, 5.41) is 11.4. The molecule has 0 spiro atoms. The van der Waals surface area contributed by atoms with Crippen molar-refractivity contribution in [2.24, 2.45) is 5.92 Å². The average Bonchev–Trinajstić information content (AvgIpc) is 3.18. The molecule has 1 fully saturated rings. The van der Waals surface area contributed by atoms with Crippen LogP contribution < -0.4 is 5.32 Å². The summed E-state index contributed by atoms with van der Waals surface area (Å²) in [6.07, 6.45) is 7.40. The van der Waals surface area contributed by atoms with Crippen LogP contribution in [0.1, 0.15) is 32.3 Å². The minimum absolute atomic E-state index is 0.0196. The summed E-state index contributed by atoms with van der Waals surface area (Å²) in [6, 6.07) is 8.50. The second-order valence-corrected chi connectivity index (χ2v) is 6.40. The van der Waals surface area contributed by atoms with E-state index in [4.69, 9.17) is 0 Å². The number of carbonyl (C=O) groups is 1. The number of nitrogens with one attached hydrogen (secondary N) is 1. The SMILES string of the molecule is CC=C(c1ccccc1-n1nccn1)N1C[C@H](C(=O)NC)CC[C@H]1C. The first kappa shape index (κ1) is 17.2. The highest BCUT2D eigenvalue weighted by molar-refractivity contribution is 5.79. The van der Waals surface area contributed by atoms with E-state index in [-0.39, 0.29) is 11.8 Å². The molecule has 25 heavy (non-hydrogen) atoms. The third kappa shape index (κ3) is 3.43. The first-order valence-corrected chi connectivity index (χ1v) is 8.76. The van der Waals surface area contributed by atoms with E-state index in [0.29, 0.717) is 6.04 Å². The van der Waals surface area contributed by atoms with Crippen LogP contribution in [-0.4, -0.2) is 45.4 Å². The smallest absolute Gasteiger partial charge is 0.224 e. The van der Waals surface area contributed by atoms with Gasteiger partial charge in [-0.2, -0.15) is 15.0 Å². The van der Waals surface area contributed by atoms with E-state index in [2.05, 4.69) is 39.5 Å². The number of allylic oxidation sites excluding steroid dienone is 1. The fraction of sp³-hybridized carbons (Fsp3) is 0.421. The van der Waals surface area contributed by atoms with Crippen LogP contribution in [0.15, 0.2) is 42.7 Å². The van der Waals surface area contributed by atoms with E-state index < -0.39 is 0 Å². The summed E-state index contributed by atoms with van der Waals surface area (Å²) < 4.78 is 0. The largest absolute Gasteiger partial charge is 0.368 e. The van der Waals surface area contributed by atoms with Crippen molar-refractivity contribution in [3.8, 4) is 5.69 Å². The molecule has 1 aromatic heterocycles. The van der Waals surface area contributed by atoms with Crippen molar-refractivity contribution in [2.75, 3.05) is 13.6 Å². The van der Waals surface area contributed by atoms with Crippen LogP contribution in [-0.2, 0) is 4.79 Å². The van der Waals surface area contributed by atoms with Crippen LogP contribution in [0, 0.1) is 5.92 Å². The molecule has 2 aromatic rings. The predicted molar refractivity (Wildman–Crippen MR) is 98.0 cm³/mol. The molecule has 0 radical (unpaired) electrons. The van der Waals surface area contributed by atoms with Crippen molar-refractivity contribution >= 4 is 11.6 Å². The maximum Gasteiger partial charge on any atom is 0.224 e. The van der Waals surface area contributed by atoms with Gasteiger partial charge >= 0.3 is 0 Å². The molecule has 0 aliphatic carbocycles. The third-order valence-corrected chi connectivity index (χ3v) is 4.90. The molecule has 1 aliphatic heterocycles. The van der Waals surface area contributed by atoms with Gasteiger partial charge in [-0.3, -0.25) is 4.79 Å². The Balaban J connectivity index is 1.96. The molecule has 1 amide bonds. The quantitative estimate of drug-likeness (QED) is 0.929. The van der Waals surface area contributed by atoms with Crippen LogP contribution in [0.5, 0.6) is 0 Å². The molecular formula is C19H25N5O. The van der Waals surface area contributed by atoms with Gasteiger partial charge in [0.2, 0.25) is 5.91 Å². The number of piperidine rings is 1. The van der Waals surface area contributed by atoms with Gasteiger partial charge < -0.3 is 10.2 Å². The molecular weight excluding hydrogens is 314 g/mol. The van der Waals surface area contributed by atoms with E-state index in [1.807, 2.05) is 25.1 Å². The predicted octanol–water partition coefficient (Wildman–Crippen LogP) is 2.47. The van der Waals surface area contributed by atoms with E-state index in [1.54, 1.807) is 24.2 Å². The Labute approximate surface area is 148 Å². The summed E-state index contributed by atoms with van der Waals surface area (Å²) >= 11 is 0. The van der Waals surface area contributed by atoms with Crippen molar-refractivity contribution < 1.29 is 4.79 Å². The molecule has 6 nitrogen and oxygen atoms in total. The Hall–Kier alpha value is -2.63. The molecule has 6 heteroatoms. The first-order chi connectivity index (χ1) is 12.2. The summed E-state index contributed by atoms with van der Waals surface area (Å²) in [5.74, 6) is 0.139. The third-order valence-electron chi connectivity index (χ3n) is 4.90. The van der Waals surface area contributed by atoms with Crippen molar-refractivity contribution in [1.29, 1.82) is 0 Å². The van der Waals surface area contributed by atoms with Gasteiger partial charge in [0.15, 0.2) is 0 Å². The number of nitrogens with zero attached hydrogens (tertiary/aromatic N) is 4. The molecule has 2 heterocycles. The van der Waals surface area contributed by atoms with Gasteiger partial charge in [-0.25, -0.2) is 0 Å². The second-order valence-electron chi connectivity index (χ2n) is 6.40. The lowest BCUT2D eigenvalue weighted by molar-refractivity contribution is -0.126. The van der Waals surface area contributed by atoms with Crippen LogP contribution in [0.25, 0.3) is 11.4 Å². The van der Waals surface area contributed by atoms with Crippen molar-refractivity contribution in [1.82, 2.24) is 25.2 Å². The zero-order chi connectivity index (χ0) is 17.8. The maximum atomic E-state index is 12.1. The van der Waals surface area contributed by atoms with Crippen molar-refractivity contribution in [3.63, 3.8) is 0 Å². The molecule has 0 saturated carbocycles. The molecule has 1 N–H and O–H groups in total. The lowest BCUT2D eigenvalue weighted by Gasteiger charge is -2.40. The van der Waals surface area contributed by atoms with Crippen LogP contribution in [0.3, 0.4) is 0 Å². The highest BCUT2D eigenvalue weighted by atomic mass is 16.1. The van der Waals surface area contributed by atoms with Crippen LogP contribution >= 0.6 is 0 Å². The number of hydrogen-bond acceptors (Lipinski definition) is 4. The molecule has 2 atom stereocenters. The molecule has 0 unspecified atom stereocenters. The zero-order valence-corrected chi connectivity index (χ0v) is 15.0. The number of hydrogen-bond donors (Lipinski definition) is 1. The lowest BCUT2D eigenvalue weighted by Crippen LogP contribution is -2.45. The van der Waals surface area contributed by atoms with Gasteiger partial charge in [0.25, 0.3) is 0 Å². The first-order valence-electron chi connectivity index (χ1n) is 8.76. The molecule has 1 saturated heterocycles. The second kappa shape index (κ2) is 7.51. The zero-order valence-electron chi connectivity index (χ0n) is 15.0. The van der Waals surface area contributed by atoms with Gasteiger partial charge in [-0.1, -0.05) is 24.3 Å². The fourth-order valence-electron chi connectivity index (χ4n) is 3.54. The number of amides is 1. The summed E-state index contributed by atoms with van der Waals surface area (Å²) in [5.41, 5.74) is 3.13. The normalized spacial score (nSPS) is 21.2. The summed E-state index contributed by atoms with van der Waals surface area (Å²) in [7, 11) is 1.71. The van der Waals surface area contributed by atoms with Gasteiger partial charge in [0.1, 0.15) is 0 Å². The lowest BCUT2D eigenvalue weighted by atomic mass is 9.91. The summed E-state index contributed by atoms with van der Waals surface area (Å²) in [6.45, 7) is 4.98. The number of para-hydroxylation sites is 1. The van der Waals surface area contributed by atoms with E-state index >= 15 is 0 Å². The minimum atomic E-state index is 0.0196. The highest BCUT2D eigenvalue weighted by Gasteiger charge is 2.31. The number of likely N-dealkylation sites (tertiary alicyclic amines) is 1. The molecule has 132 valence electrons. The number of rotatable bonds is 4. The Morgan fingerprint density at radius 1 is 1.24 bits per heavy atom. The van der Waals surface area contributed by atoms with Gasteiger partial charge in [0, 0.05) is 30.9 Å². The highest BCUT2D eigenvalue weighted by Crippen LogP contribution is 2.32. The monoisotopic (exact) mass is 339 g/mol. The topological polar surface area (TPSA) is 63.1 Å². The fourth-order valence-corrected chi connectivity index (χ4v) is 3.54. The molecule has 1 aliphatic rings. The van der Waals surface area contributed by atoms with Gasteiger partial charge in [-0.05, 0) is 32.8 Å². The Morgan fingerprint density at radius 2 is 1.96 bits per heavy atom. The van der Waals surface area contributed by atoms with E-state index in [9.17, 15) is 4.79 Å². The van der Waals surface area contributed by atoms with Crippen molar-refractivity contribution in [2.45, 2.75) is 32.7 Å². The maximum absolute atomic E-state index is 12.1. The molecule has 3 rings (SSSR count).